The summed E-state index contributed by atoms with van der Waals surface area (Å²) in [5.74, 6) is -0.340. The average Bonchev–Trinajstić information content (AvgIpc) is 3.10. The van der Waals surface area contributed by atoms with E-state index in [1.807, 2.05) is 0 Å². The summed E-state index contributed by atoms with van der Waals surface area (Å²) in [5, 5.41) is 0.453. The molecule has 2 aromatic carbocycles. The summed E-state index contributed by atoms with van der Waals surface area (Å²) in [6.45, 7) is 3.98. The fraction of sp³-hybridized carbons (Fsp3) is 0.0952. The monoisotopic (exact) mass is 410 g/mol. The molecule has 0 atom stereocenters. The Balaban J connectivity index is 1.99. The van der Waals surface area contributed by atoms with E-state index in [4.69, 9.17) is 11.6 Å². The van der Waals surface area contributed by atoms with Crippen molar-refractivity contribution in [2.24, 2.45) is 0 Å². The first-order valence-corrected chi connectivity index (χ1v) is 9.19. The van der Waals surface area contributed by atoms with Crippen molar-refractivity contribution in [2.75, 3.05) is 0 Å². The molecule has 0 bridgehead atoms. The quantitative estimate of drug-likeness (QED) is 0.474. The maximum atomic E-state index is 13.2. The van der Waals surface area contributed by atoms with Crippen LogP contribution < -0.4 is 11.2 Å². The fourth-order valence-corrected chi connectivity index (χ4v) is 3.41. The van der Waals surface area contributed by atoms with Crippen molar-refractivity contribution >= 4 is 22.8 Å². The van der Waals surface area contributed by atoms with Crippen molar-refractivity contribution in [3.63, 3.8) is 0 Å². The number of hydrogen-bond donors (Lipinski definition) is 0. The second-order valence-corrected chi connectivity index (χ2v) is 6.91. The zero-order valence-electron chi connectivity index (χ0n) is 15.3. The Hall–Kier alpha value is -3.45. The molecule has 146 valence electrons. The summed E-state index contributed by atoms with van der Waals surface area (Å²) in [6.07, 6.45) is 2.98. The molecule has 0 saturated heterocycles. The van der Waals surface area contributed by atoms with Gasteiger partial charge in [0.2, 0.25) is 0 Å². The number of imidazole rings is 1. The van der Waals surface area contributed by atoms with Gasteiger partial charge >= 0.3 is 5.69 Å². The number of benzene rings is 2. The second-order valence-electron chi connectivity index (χ2n) is 6.47. The van der Waals surface area contributed by atoms with Crippen molar-refractivity contribution < 1.29 is 4.39 Å². The van der Waals surface area contributed by atoms with Crippen molar-refractivity contribution in [1.82, 2.24) is 18.7 Å². The van der Waals surface area contributed by atoms with Crippen LogP contribution in [0.25, 0.3) is 16.9 Å². The zero-order valence-corrected chi connectivity index (χ0v) is 16.0. The lowest BCUT2D eigenvalue weighted by atomic mass is 10.2. The zero-order chi connectivity index (χ0) is 20.5. The minimum absolute atomic E-state index is 0.0515. The largest absolute Gasteiger partial charge is 0.337 e. The van der Waals surface area contributed by atoms with Gasteiger partial charge in [-0.15, -0.1) is 6.58 Å². The number of allylic oxidation sites excluding steroid dienone is 1. The maximum Gasteiger partial charge on any atom is 0.337 e. The molecule has 0 aliphatic rings. The summed E-state index contributed by atoms with van der Waals surface area (Å²) < 4.78 is 17.3. The van der Waals surface area contributed by atoms with E-state index in [9.17, 15) is 14.0 Å². The first kappa shape index (κ1) is 18.9. The highest BCUT2D eigenvalue weighted by Gasteiger charge is 2.19. The van der Waals surface area contributed by atoms with Crippen LogP contribution in [0, 0.1) is 5.82 Å². The van der Waals surface area contributed by atoms with Crippen LogP contribution in [0.1, 0.15) is 5.56 Å². The molecule has 0 unspecified atom stereocenters. The Bertz CT molecular complexity index is 1340. The predicted molar refractivity (Wildman–Crippen MR) is 110 cm³/mol. The third-order valence-corrected chi connectivity index (χ3v) is 4.78. The van der Waals surface area contributed by atoms with Crippen LogP contribution in [-0.4, -0.2) is 18.7 Å². The van der Waals surface area contributed by atoms with E-state index in [1.165, 1.54) is 29.1 Å². The smallest absolute Gasteiger partial charge is 0.320 e. The normalized spacial score (nSPS) is 11.1. The standard InChI is InChI=1S/C21H16ClFN4O2/c1-2-10-26-20(28)18-19(27(21(26)29)17-5-3-4-15(22)11-17)24-13-25(18)12-14-6-8-16(23)9-7-14/h2-9,11,13H,1,10,12H2. The number of halogens is 2. The molecule has 0 spiro atoms. The summed E-state index contributed by atoms with van der Waals surface area (Å²) in [5.41, 5.74) is 0.776. The maximum absolute atomic E-state index is 13.2. The molecule has 0 fully saturated rings. The van der Waals surface area contributed by atoms with E-state index < -0.39 is 11.2 Å². The summed E-state index contributed by atoms with van der Waals surface area (Å²) in [7, 11) is 0. The van der Waals surface area contributed by atoms with E-state index in [1.54, 1.807) is 41.0 Å². The molecule has 2 heterocycles. The van der Waals surface area contributed by atoms with Crippen LogP contribution in [0.5, 0.6) is 0 Å². The first-order chi connectivity index (χ1) is 14.0. The fourth-order valence-electron chi connectivity index (χ4n) is 3.22. The molecular formula is C21H16ClFN4O2. The van der Waals surface area contributed by atoms with Gasteiger partial charge in [-0.1, -0.05) is 35.9 Å². The molecule has 8 heteroatoms. The third-order valence-electron chi connectivity index (χ3n) is 4.54. The van der Waals surface area contributed by atoms with Gasteiger partial charge in [0.1, 0.15) is 5.82 Å². The Labute approximate surface area is 169 Å². The Kier molecular flexibility index (Phi) is 4.90. The lowest BCUT2D eigenvalue weighted by molar-refractivity contribution is 0.626. The highest BCUT2D eigenvalue weighted by molar-refractivity contribution is 6.30. The van der Waals surface area contributed by atoms with Crippen molar-refractivity contribution in [3.8, 4) is 5.69 Å². The van der Waals surface area contributed by atoms with Gasteiger partial charge in [-0.3, -0.25) is 9.36 Å². The molecule has 0 radical (unpaired) electrons. The molecule has 2 aromatic heterocycles. The molecule has 0 aliphatic carbocycles. The van der Waals surface area contributed by atoms with Gasteiger partial charge in [0.15, 0.2) is 11.2 Å². The van der Waals surface area contributed by atoms with Gasteiger partial charge in [0.05, 0.1) is 12.0 Å². The lowest BCUT2D eigenvalue weighted by Gasteiger charge is -2.12. The first-order valence-electron chi connectivity index (χ1n) is 8.81. The Morgan fingerprint density at radius 2 is 1.90 bits per heavy atom. The Morgan fingerprint density at radius 1 is 1.14 bits per heavy atom. The van der Waals surface area contributed by atoms with Crippen molar-refractivity contribution in [2.45, 2.75) is 13.1 Å². The molecule has 6 nitrogen and oxygen atoms in total. The van der Waals surface area contributed by atoms with Crippen LogP contribution >= 0.6 is 11.6 Å². The average molecular weight is 411 g/mol. The van der Waals surface area contributed by atoms with Crippen LogP contribution in [0.2, 0.25) is 5.02 Å². The van der Waals surface area contributed by atoms with E-state index in [-0.39, 0.29) is 23.5 Å². The second kappa shape index (κ2) is 7.52. The molecule has 0 aliphatic heterocycles. The predicted octanol–water partition coefficient (Wildman–Crippen LogP) is 3.38. The van der Waals surface area contributed by atoms with E-state index in [0.717, 1.165) is 10.1 Å². The lowest BCUT2D eigenvalue weighted by Crippen LogP contribution is -2.39. The summed E-state index contributed by atoms with van der Waals surface area (Å²) in [6, 6.07) is 12.7. The Morgan fingerprint density at radius 3 is 2.59 bits per heavy atom. The molecule has 4 aromatic rings. The molecule has 29 heavy (non-hydrogen) atoms. The van der Waals surface area contributed by atoms with Crippen molar-refractivity contribution in [1.29, 1.82) is 0 Å². The highest BCUT2D eigenvalue weighted by Crippen LogP contribution is 2.18. The third kappa shape index (κ3) is 3.40. The van der Waals surface area contributed by atoms with Gasteiger partial charge in [-0.2, -0.15) is 0 Å². The van der Waals surface area contributed by atoms with Gasteiger partial charge < -0.3 is 4.57 Å². The number of hydrogen-bond acceptors (Lipinski definition) is 3. The number of nitrogens with zero attached hydrogens (tertiary/aromatic N) is 4. The summed E-state index contributed by atoms with van der Waals surface area (Å²) in [4.78, 5) is 30.5. The van der Waals surface area contributed by atoms with Gasteiger partial charge in [-0.05, 0) is 35.9 Å². The van der Waals surface area contributed by atoms with Gasteiger partial charge in [0.25, 0.3) is 5.56 Å². The van der Waals surface area contributed by atoms with E-state index >= 15 is 0 Å². The topological polar surface area (TPSA) is 61.8 Å². The van der Waals surface area contributed by atoms with Crippen LogP contribution in [0.15, 0.2) is 77.1 Å². The van der Waals surface area contributed by atoms with Crippen LogP contribution in [0.3, 0.4) is 0 Å². The molecule has 4 rings (SSSR count). The minimum atomic E-state index is -0.531. The molecule has 0 saturated carbocycles. The summed E-state index contributed by atoms with van der Waals surface area (Å²) >= 11 is 6.10. The molecular weight excluding hydrogens is 395 g/mol. The molecule has 0 amide bonds. The van der Waals surface area contributed by atoms with Gasteiger partial charge in [0, 0.05) is 18.1 Å². The molecule has 0 N–H and O–H groups in total. The number of rotatable bonds is 5. The number of aromatic nitrogens is 4. The highest BCUT2D eigenvalue weighted by atomic mass is 35.5. The van der Waals surface area contributed by atoms with E-state index in [2.05, 4.69) is 11.6 Å². The van der Waals surface area contributed by atoms with E-state index in [0.29, 0.717) is 17.3 Å². The van der Waals surface area contributed by atoms with Crippen LogP contribution in [-0.2, 0) is 13.1 Å². The minimum Gasteiger partial charge on any atom is -0.320 e. The SMILES string of the molecule is C=CCn1c(=O)c2c(ncn2Cc2ccc(F)cc2)n(-c2cccc(Cl)c2)c1=O. The number of fused-ring (bicyclic) bond motifs is 1. The van der Waals surface area contributed by atoms with Crippen molar-refractivity contribution in [3.05, 3.63) is 105 Å². The van der Waals surface area contributed by atoms with Gasteiger partial charge in [-0.25, -0.2) is 18.7 Å². The van der Waals surface area contributed by atoms with Crippen LogP contribution in [0.4, 0.5) is 4.39 Å².